The van der Waals surface area contributed by atoms with Gasteiger partial charge in [-0.2, -0.15) is 0 Å². The number of aryl methyl sites for hydroxylation is 2. The molecule has 3 rings (SSSR count). The van der Waals surface area contributed by atoms with E-state index in [0.29, 0.717) is 12.2 Å². The van der Waals surface area contributed by atoms with Gasteiger partial charge in [0.25, 0.3) is 0 Å². The van der Waals surface area contributed by atoms with Crippen LogP contribution in [0.4, 0.5) is 11.4 Å². The maximum Gasteiger partial charge on any atom is 0.338 e. The molecule has 0 fully saturated rings. The average molecular weight is 320 g/mol. The number of rotatable bonds is 4. The summed E-state index contributed by atoms with van der Waals surface area (Å²) >= 11 is 0. The van der Waals surface area contributed by atoms with E-state index in [9.17, 15) is 4.79 Å². The third-order valence-corrected chi connectivity index (χ3v) is 3.77. The van der Waals surface area contributed by atoms with Crippen molar-refractivity contribution in [3.05, 3.63) is 65.4 Å². The summed E-state index contributed by atoms with van der Waals surface area (Å²) in [4.78, 5) is 16.3. The smallest absolute Gasteiger partial charge is 0.338 e. The molecule has 0 aliphatic rings. The third-order valence-electron chi connectivity index (χ3n) is 3.77. The van der Waals surface area contributed by atoms with Crippen molar-refractivity contribution in [1.29, 1.82) is 0 Å². The predicted octanol–water partition coefficient (Wildman–Crippen LogP) is 4.77. The number of hydrogen-bond acceptors (Lipinski definition) is 4. The summed E-state index contributed by atoms with van der Waals surface area (Å²) < 4.78 is 5.01. The Morgan fingerprint density at radius 3 is 2.54 bits per heavy atom. The van der Waals surface area contributed by atoms with Crippen LogP contribution in [0.25, 0.3) is 10.9 Å². The standard InChI is InChI=1S/C20H20N2O2/c1-4-24-20(23)15-6-8-16(9-7-15)22-19-12-14(3)21-18-10-5-13(2)11-17(18)19/h5-12H,4H2,1-3H3,(H,21,22). The number of anilines is 2. The molecule has 0 atom stereocenters. The number of ether oxygens (including phenoxy) is 1. The van der Waals surface area contributed by atoms with Crippen LogP contribution in [-0.4, -0.2) is 17.6 Å². The number of pyridine rings is 1. The summed E-state index contributed by atoms with van der Waals surface area (Å²) in [5.41, 5.74) is 5.58. The zero-order valence-corrected chi connectivity index (χ0v) is 14.1. The fourth-order valence-electron chi connectivity index (χ4n) is 2.64. The van der Waals surface area contributed by atoms with Crippen molar-refractivity contribution in [3.63, 3.8) is 0 Å². The van der Waals surface area contributed by atoms with Gasteiger partial charge in [0.05, 0.1) is 17.7 Å². The van der Waals surface area contributed by atoms with Gasteiger partial charge < -0.3 is 10.1 Å². The molecule has 0 amide bonds. The van der Waals surface area contributed by atoms with E-state index in [1.54, 1.807) is 19.1 Å². The molecule has 0 bridgehead atoms. The number of aromatic nitrogens is 1. The van der Waals surface area contributed by atoms with Crippen LogP contribution >= 0.6 is 0 Å². The molecule has 24 heavy (non-hydrogen) atoms. The first-order valence-electron chi connectivity index (χ1n) is 7.99. The lowest BCUT2D eigenvalue weighted by molar-refractivity contribution is 0.0526. The van der Waals surface area contributed by atoms with Gasteiger partial charge in [0, 0.05) is 22.5 Å². The van der Waals surface area contributed by atoms with Crippen LogP contribution < -0.4 is 5.32 Å². The second kappa shape index (κ2) is 6.71. The molecule has 3 aromatic rings. The molecule has 122 valence electrons. The van der Waals surface area contributed by atoms with Gasteiger partial charge in [0.2, 0.25) is 0 Å². The molecule has 2 aromatic carbocycles. The molecule has 1 aromatic heterocycles. The SMILES string of the molecule is CCOC(=O)c1ccc(Nc2cc(C)nc3ccc(C)cc23)cc1. The van der Waals surface area contributed by atoms with Gasteiger partial charge in [0.15, 0.2) is 0 Å². The van der Waals surface area contributed by atoms with Crippen LogP contribution in [0.15, 0.2) is 48.5 Å². The van der Waals surface area contributed by atoms with Gasteiger partial charge in [-0.05, 0) is 63.2 Å². The first-order chi connectivity index (χ1) is 11.6. The largest absolute Gasteiger partial charge is 0.462 e. The van der Waals surface area contributed by atoms with Gasteiger partial charge >= 0.3 is 5.97 Å². The van der Waals surface area contributed by atoms with Crippen molar-refractivity contribution >= 4 is 28.2 Å². The van der Waals surface area contributed by atoms with Gasteiger partial charge in [-0.3, -0.25) is 4.98 Å². The van der Waals surface area contributed by atoms with Crippen LogP contribution in [-0.2, 0) is 4.74 Å². The van der Waals surface area contributed by atoms with E-state index in [0.717, 1.165) is 28.0 Å². The second-order valence-electron chi connectivity index (χ2n) is 5.75. The highest BCUT2D eigenvalue weighted by atomic mass is 16.5. The normalized spacial score (nSPS) is 10.6. The van der Waals surface area contributed by atoms with Crippen molar-refractivity contribution in [2.45, 2.75) is 20.8 Å². The van der Waals surface area contributed by atoms with E-state index in [4.69, 9.17) is 4.74 Å². The topological polar surface area (TPSA) is 51.2 Å². The zero-order chi connectivity index (χ0) is 17.1. The Morgan fingerprint density at radius 2 is 1.83 bits per heavy atom. The van der Waals surface area contributed by atoms with E-state index in [-0.39, 0.29) is 5.97 Å². The highest BCUT2D eigenvalue weighted by molar-refractivity contribution is 5.94. The zero-order valence-electron chi connectivity index (χ0n) is 14.1. The molecule has 0 unspecified atom stereocenters. The number of fused-ring (bicyclic) bond motifs is 1. The number of nitrogens with one attached hydrogen (secondary N) is 1. The summed E-state index contributed by atoms with van der Waals surface area (Å²) in [6, 6.07) is 15.5. The van der Waals surface area contributed by atoms with Crippen LogP contribution in [0.5, 0.6) is 0 Å². The molecule has 0 radical (unpaired) electrons. The molecular weight excluding hydrogens is 300 g/mol. The van der Waals surface area contributed by atoms with Crippen molar-refractivity contribution in [3.8, 4) is 0 Å². The first-order valence-corrected chi connectivity index (χ1v) is 7.99. The van der Waals surface area contributed by atoms with Gasteiger partial charge in [-0.15, -0.1) is 0 Å². The van der Waals surface area contributed by atoms with E-state index < -0.39 is 0 Å². The fraction of sp³-hybridized carbons (Fsp3) is 0.200. The van der Waals surface area contributed by atoms with E-state index in [2.05, 4.69) is 29.4 Å². The van der Waals surface area contributed by atoms with Crippen molar-refractivity contribution in [2.24, 2.45) is 0 Å². The number of carbonyl (C=O) groups excluding carboxylic acids is 1. The molecule has 0 saturated carbocycles. The molecule has 0 aliphatic carbocycles. The van der Waals surface area contributed by atoms with Crippen LogP contribution in [0.3, 0.4) is 0 Å². The number of nitrogens with zero attached hydrogens (tertiary/aromatic N) is 1. The Kier molecular flexibility index (Phi) is 4.47. The minimum Gasteiger partial charge on any atom is -0.462 e. The maximum absolute atomic E-state index is 11.7. The lowest BCUT2D eigenvalue weighted by Crippen LogP contribution is -2.04. The lowest BCUT2D eigenvalue weighted by Gasteiger charge is -2.12. The lowest BCUT2D eigenvalue weighted by atomic mass is 10.1. The quantitative estimate of drug-likeness (QED) is 0.703. The minimum atomic E-state index is -0.301. The summed E-state index contributed by atoms with van der Waals surface area (Å²) in [6.45, 7) is 6.22. The molecule has 0 aliphatic heterocycles. The molecule has 1 heterocycles. The molecule has 4 heteroatoms. The number of hydrogen-bond donors (Lipinski definition) is 1. The molecule has 0 spiro atoms. The highest BCUT2D eigenvalue weighted by Gasteiger charge is 2.08. The van der Waals surface area contributed by atoms with Gasteiger partial charge in [0.1, 0.15) is 0 Å². The fourth-order valence-corrected chi connectivity index (χ4v) is 2.64. The molecular formula is C20H20N2O2. The van der Waals surface area contributed by atoms with Crippen molar-refractivity contribution < 1.29 is 9.53 Å². The van der Waals surface area contributed by atoms with Crippen LogP contribution in [0, 0.1) is 13.8 Å². The molecule has 1 N–H and O–H groups in total. The van der Waals surface area contributed by atoms with Crippen LogP contribution in [0.2, 0.25) is 0 Å². The Labute approximate surface area is 141 Å². The second-order valence-corrected chi connectivity index (χ2v) is 5.75. The first kappa shape index (κ1) is 16.0. The Bertz CT molecular complexity index is 886. The van der Waals surface area contributed by atoms with Gasteiger partial charge in [-0.25, -0.2) is 4.79 Å². The molecule has 0 saturated heterocycles. The predicted molar refractivity (Wildman–Crippen MR) is 96.9 cm³/mol. The number of esters is 1. The van der Waals surface area contributed by atoms with E-state index >= 15 is 0 Å². The van der Waals surface area contributed by atoms with Crippen molar-refractivity contribution in [1.82, 2.24) is 4.98 Å². The van der Waals surface area contributed by atoms with Crippen LogP contribution in [0.1, 0.15) is 28.5 Å². The third kappa shape index (κ3) is 3.38. The van der Waals surface area contributed by atoms with E-state index in [1.807, 2.05) is 31.2 Å². The summed E-state index contributed by atoms with van der Waals surface area (Å²) in [6.07, 6.45) is 0. The average Bonchev–Trinajstić information content (AvgIpc) is 2.56. The molecule has 4 nitrogen and oxygen atoms in total. The highest BCUT2D eigenvalue weighted by Crippen LogP contribution is 2.27. The summed E-state index contributed by atoms with van der Waals surface area (Å²) in [5.74, 6) is -0.301. The van der Waals surface area contributed by atoms with E-state index in [1.165, 1.54) is 5.56 Å². The number of carbonyl (C=O) groups is 1. The Hall–Kier alpha value is -2.88. The monoisotopic (exact) mass is 320 g/mol. The maximum atomic E-state index is 11.7. The summed E-state index contributed by atoms with van der Waals surface area (Å²) in [7, 11) is 0. The Balaban J connectivity index is 1.92. The van der Waals surface area contributed by atoms with Crippen molar-refractivity contribution in [2.75, 3.05) is 11.9 Å². The minimum absolute atomic E-state index is 0.301. The summed E-state index contributed by atoms with van der Waals surface area (Å²) in [5, 5.41) is 4.50. The Morgan fingerprint density at radius 1 is 1.08 bits per heavy atom. The number of benzene rings is 2. The van der Waals surface area contributed by atoms with Gasteiger partial charge in [-0.1, -0.05) is 11.6 Å².